The van der Waals surface area contributed by atoms with Gasteiger partial charge in [0.2, 0.25) is 0 Å². The van der Waals surface area contributed by atoms with E-state index in [1.807, 2.05) is 36.4 Å². The fraction of sp³-hybridized carbons (Fsp3) is 0.214. The van der Waals surface area contributed by atoms with Gasteiger partial charge in [-0.05, 0) is 31.2 Å². The highest BCUT2D eigenvalue weighted by Gasteiger charge is 1.98. The number of nitrogens with zero attached hydrogens (tertiary/aromatic N) is 1. The molecular weight excluding hydrogens is 214 g/mol. The molecule has 1 heterocycles. The van der Waals surface area contributed by atoms with Crippen LogP contribution in [-0.4, -0.2) is 12.1 Å². The van der Waals surface area contributed by atoms with E-state index in [1.165, 1.54) is 5.56 Å². The first-order valence-electron chi connectivity index (χ1n) is 5.46. The number of methoxy groups -OCH3 is 1. The molecule has 0 aliphatic carbocycles. The van der Waals surface area contributed by atoms with Crippen molar-refractivity contribution in [2.75, 3.05) is 7.11 Å². The van der Waals surface area contributed by atoms with Crippen molar-refractivity contribution < 1.29 is 9.47 Å². The predicted octanol–water partition coefficient (Wildman–Crippen LogP) is 2.98. The Kier molecular flexibility index (Phi) is 3.60. The zero-order valence-corrected chi connectivity index (χ0v) is 10.0. The monoisotopic (exact) mass is 229 g/mol. The normalized spacial score (nSPS) is 10.0. The predicted molar refractivity (Wildman–Crippen MR) is 66.3 cm³/mol. The van der Waals surface area contributed by atoms with Crippen molar-refractivity contribution in [1.82, 2.24) is 4.98 Å². The Labute approximate surface area is 101 Å². The zero-order chi connectivity index (χ0) is 12.1. The molecule has 0 fully saturated rings. The van der Waals surface area contributed by atoms with Gasteiger partial charge in [-0.15, -0.1) is 0 Å². The molecule has 0 N–H and O–H groups in total. The lowest BCUT2D eigenvalue weighted by atomic mass is 10.2. The van der Waals surface area contributed by atoms with Crippen molar-refractivity contribution in [1.29, 1.82) is 0 Å². The minimum Gasteiger partial charge on any atom is -0.495 e. The maximum absolute atomic E-state index is 5.62. The lowest BCUT2D eigenvalue weighted by Crippen LogP contribution is -1.98. The Bertz CT molecular complexity index is 463. The van der Waals surface area contributed by atoms with E-state index in [-0.39, 0.29) is 0 Å². The first kappa shape index (κ1) is 11.5. The molecule has 0 saturated heterocycles. The maximum Gasteiger partial charge on any atom is 0.137 e. The Morgan fingerprint density at radius 1 is 1.00 bits per heavy atom. The smallest absolute Gasteiger partial charge is 0.137 e. The number of hydrogen-bond donors (Lipinski definition) is 0. The van der Waals surface area contributed by atoms with Crippen LogP contribution >= 0.6 is 0 Å². The van der Waals surface area contributed by atoms with Crippen LogP contribution in [0.3, 0.4) is 0 Å². The minimum atomic E-state index is 0.465. The first-order valence-corrected chi connectivity index (χ1v) is 5.46. The van der Waals surface area contributed by atoms with Gasteiger partial charge >= 0.3 is 0 Å². The molecule has 0 radical (unpaired) electrons. The van der Waals surface area contributed by atoms with Gasteiger partial charge in [-0.25, -0.2) is 0 Å². The third kappa shape index (κ3) is 3.21. The van der Waals surface area contributed by atoms with E-state index >= 15 is 0 Å². The molecule has 17 heavy (non-hydrogen) atoms. The van der Waals surface area contributed by atoms with Crippen LogP contribution < -0.4 is 9.47 Å². The van der Waals surface area contributed by atoms with E-state index in [0.29, 0.717) is 6.61 Å². The maximum atomic E-state index is 5.62. The summed E-state index contributed by atoms with van der Waals surface area (Å²) in [6.45, 7) is 2.52. The largest absolute Gasteiger partial charge is 0.495 e. The Morgan fingerprint density at radius 3 is 2.29 bits per heavy atom. The number of rotatable bonds is 4. The van der Waals surface area contributed by atoms with Crippen LogP contribution in [0.4, 0.5) is 0 Å². The van der Waals surface area contributed by atoms with Gasteiger partial charge < -0.3 is 9.47 Å². The SMILES string of the molecule is COc1ccc(COc2ccc(C)cc2)nc1. The van der Waals surface area contributed by atoms with Crippen LogP contribution in [0.5, 0.6) is 11.5 Å². The quantitative estimate of drug-likeness (QED) is 0.807. The van der Waals surface area contributed by atoms with E-state index in [1.54, 1.807) is 13.3 Å². The van der Waals surface area contributed by atoms with Crippen molar-refractivity contribution in [2.45, 2.75) is 13.5 Å². The lowest BCUT2D eigenvalue weighted by Gasteiger charge is -2.06. The van der Waals surface area contributed by atoms with Gasteiger partial charge in [-0.2, -0.15) is 0 Å². The second kappa shape index (κ2) is 5.34. The molecule has 0 unspecified atom stereocenters. The minimum absolute atomic E-state index is 0.465. The summed E-state index contributed by atoms with van der Waals surface area (Å²) in [6, 6.07) is 11.7. The number of ether oxygens (including phenoxy) is 2. The van der Waals surface area contributed by atoms with Gasteiger partial charge in [-0.3, -0.25) is 4.98 Å². The second-order valence-corrected chi connectivity index (χ2v) is 3.79. The fourth-order valence-corrected chi connectivity index (χ4v) is 1.41. The van der Waals surface area contributed by atoms with E-state index in [2.05, 4.69) is 11.9 Å². The van der Waals surface area contributed by atoms with Gasteiger partial charge in [0.05, 0.1) is 19.0 Å². The average Bonchev–Trinajstić information content (AvgIpc) is 2.39. The summed E-state index contributed by atoms with van der Waals surface area (Å²) in [5.74, 6) is 1.61. The van der Waals surface area contributed by atoms with Crippen molar-refractivity contribution >= 4 is 0 Å². The van der Waals surface area contributed by atoms with Crippen molar-refractivity contribution in [3.8, 4) is 11.5 Å². The van der Waals surface area contributed by atoms with E-state index in [9.17, 15) is 0 Å². The summed E-state index contributed by atoms with van der Waals surface area (Å²) < 4.78 is 10.7. The molecule has 0 atom stereocenters. The number of benzene rings is 1. The molecule has 0 amide bonds. The van der Waals surface area contributed by atoms with E-state index in [4.69, 9.17) is 9.47 Å². The Balaban J connectivity index is 1.95. The lowest BCUT2D eigenvalue weighted by molar-refractivity contribution is 0.300. The van der Waals surface area contributed by atoms with E-state index in [0.717, 1.165) is 17.2 Å². The van der Waals surface area contributed by atoms with Crippen molar-refractivity contribution in [3.05, 3.63) is 53.9 Å². The van der Waals surface area contributed by atoms with Crippen LogP contribution in [-0.2, 0) is 6.61 Å². The van der Waals surface area contributed by atoms with Crippen LogP contribution in [0.1, 0.15) is 11.3 Å². The molecule has 0 aliphatic heterocycles. The van der Waals surface area contributed by atoms with Gasteiger partial charge in [0.1, 0.15) is 18.1 Å². The second-order valence-electron chi connectivity index (χ2n) is 3.79. The molecule has 0 aliphatic rings. The molecule has 3 nitrogen and oxygen atoms in total. The third-order valence-corrected chi connectivity index (χ3v) is 2.44. The molecular formula is C14H15NO2. The van der Waals surface area contributed by atoms with Crippen LogP contribution in [0.2, 0.25) is 0 Å². The number of pyridine rings is 1. The number of aryl methyl sites for hydroxylation is 1. The third-order valence-electron chi connectivity index (χ3n) is 2.44. The van der Waals surface area contributed by atoms with Crippen LogP contribution in [0.15, 0.2) is 42.6 Å². The van der Waals surface area contributed by atoms with Crippen molar-refractivity contribution in [3.63, 3.8) is 0 Å². The van der Waals surface area contributed by atoms with Crippen molar-refractivity contribution in [2.24, 2.45) is 0 Å². The Morgan fingerprint density at radius 2 is 1.71 bits per heavy atom. The standard InChI is InChI=1S/C14H15NO2/c1-11-3-6-13(7-4-11)17-10-12-5-8-14(16-2)9-15-12/h3-9H,10H2,1-2H3. The van der Waals surface area contributed by atoms with Gasteiger partial charge in [0, 0.05) is 0 Å². The zero-order valence-electron chi connectivity index (χ0n) is 10.0. The number of hydrogen-bond acceptors (Lipinski definition) is 3. The molecule has 88 valence electrons. The molecule has 0 bridgehead atoms. The molecule has 2 aromatic rings. The summed E-state index contributed by atoms with van der Waals surface area (Å²) in [4.78, 5) is 4.23. The molecule has 1 aromatic heterocycles. The molecule has 1 aromatic carbocycles. The summed E-state index contributed by atoms with van der Waals surface area (Å²) in [5.41, 5.74) is 2.10. The van der Waals surface area contributed by atoms with E-state index < -0.39 is 0 Å². The number of aromatic nitrogens is 1. The summed E-state index contributed by atoms with van der Waals surface area (Å²) in [7, 11) is 1.62. The summed E-state index contributed by atoms with van der Waals surface area (Å²) in [6.07, 6.45) is 1.69. The van der Waals surface area contributed by atoms with Gasteiger partial charge in [-0.1, -0.05) is 17.7 Å². The highest BCUT2D eigenvalue weighted by Crippen LogP contribution is 2.14. The van der Waals surface area contributed by atoms with Gasteiger partial charge in [0.25, 0.3) is 0 Å². The molecule has 3 heteroatoms. The molecule has 2 rings (SSSR count). The van der Waals surface area contributed by atoms with Crippen LogP contribution in [0, 0.1) is 6.92 Å². The first-order chi connectivity index (χ1) is 8.28. The summed E-state index contributed by atoms with van der Waals surface area (Å²) >= 11 is 0. The topological polar surface area (TPSA) is 31.4 Å². The van der Waals surface area contributed by atoms with Gasteiger partial charge in [0.15, 0.2) is 0 Å². The molecule has 0 saturated carbocycles. The van der Waals surface area contributed by atoms with Crippen LogP contribution in [0.25, 0.3) is 0 Å². The highest BCUT2D eigenvalue weighted by molar-refractivity contribution is 5.26. The fourth-order valence-electron chi connectivity index (χ4n) is 1.41. The highest BCUT2D eigenvalue weighted by atomic mass is 16.5. The average molecular weight is 229 g/mol. The molecule has 0 spiro atoms. The summed E-state index contributed by atoms with van der Waals surface area (Å²) in [5, 5.41) is 0. The Hall–Kier alpha value is -2.03.